The van der Waals surface area contributed by atoms with Crippen molar-refractivity contribution < 1.29 is 9.90 Å². The minimum absolute atomic E-state index is 0.758. The van der Waals surface area contributed by atoms with Crippen molar-refractivity contribution in [1.29, 1.82) is 0 Å². The van der Waals surface area contributed by atoms with Crippen LogP contribution in [0.15, 0.2) is 40.9 Å². The third-order valence-electron chi connectivity index (χ3n) is 1.77. The Labute approximate surface area is 91.4 Å². The van der Waals surface area contributed by atoms with Gasteiger partial charge in [-0.3, -0.25) is 0 Å². The lowest BCUT2D eigenvalue weighted by molar-refractivity contribution is -0.131. The monoisotopic (exact) mass is 254 g/mol. The molecule has 0 heterocycles. The summed E-state index contributed by atoms with van der Waals surface area (Å²) in [5.74, 6) is -0.888. The van der Waals surface area contributed by atoms with Gasteiger partial charge in [0.25, 0.3) is 0 Å². The number of hydrogen-bond acceptors (Lipinski definition) is 1. The quantitative estimate of drug-likeness (QED) is 0.839. The van der Waals surface area contributed by atoms with E-state index in [2.05, 4.69) is 15.9 Å². The number of aliphatic carboxylic acids is 1. The molecule has 0 aliphatic carbocycles. The van der Waals surface area contributed by atoms with Crippen LogP contribution in [-0.4, -0.2) is 11.1 Å². The van der Waals surface area contributed by atoms with E-state index < -0.39 is 5.97 Å². The number of halogens is 1. The molecule has 0 atom stereocenters. The standard InChI is InChI=1S/C11H11BrO2/c12-10-7-5-9(6-8-10)3-1-2-4-11(13)14/h2,4-8H,1,3H2,(H,13,14). The van der Waals surface area contributed by atoms with Crippen molar-refractivity contribution in [3.8, 4) is 0 Å². The molecule has 0 bridgehead atoms. The summed E-state index contributed by atoms with van der Waals surface area (Å²) in [4.78, 5) is 10.2. The van der Waals surface area contributed by atoms with Gasteiger partial charge in [-0.25, -0.2) is 4.79 Å². The zero-order valence-electron chi connectivity index (χ0n) is 7.61. The van der Waals surface area contributed by atoms with Crippen molar-refractivity contribution in [3.05, 3.63) is 46.5 Å². The van der Waals surface area contributed by atoms with Gasteiger partial charge in [-0.2, -0.15) is 0 Å². The first-order valence-electron chi connectivity index (χ1n) is 4.32. The number of carboxylic acids is 1. The Balaban J connectivity index is 2.39. The highest BCUT2D eigenvalue weighted by atomic mass is 79.9. The van der Waals surface area contributed by atoms with Crippen LogP contribution in [0.5, 0.6) is 0 Å². The maximum Gasteiger partial charge on any atom is 0.327 e. The van der Waals surface area contributed by atoms with Crippen LogP contribution >= 0.6 is 15.9 Å². The number of benzene rings is 1. The van der Waals surface area contributed by atoms with E-state index in [1.807, 2.05) is 24.3 Å². The molecular weight excluding hydrogens is 244 g/mol. The zero-order chi connectivity index (χ0) is 10.4. The first-order valence-corrected chi connectivity index (χ1v) is 5.11. The molecule has 0 spiro atoms. The minimum atomic E-state index is -0.888. The average molecular weight is 255 g/mol. The van der Waals surface area contributed by atoms with E-state index in [-0.39, 0.29) is 0 Å². The summed E-state index contributed by atoms with van der Waals surface area (Å²) >= 11 is 3.35. The second-order valence-corrected chi connectivity index (χ2v) is 3.82. The molecule has 0 aliphatic heterocycles. The lowest BCUT2D eigenvalue weighted by Crippen LogP contribution is -1.87. The van der Waals surface area contributed by atoms with Crippen LogP contribution in [0.1, 0.15) is 12.0 Å². The normalized spacial score (nSPS) is 10.6. The number of aryl methyl sites for hydroxylation is 1. The van der Waals surface area contributed by atoms with Crippen LogP contribution in [0.25, 0.3) is 0 Å². The van der Waals surface area contributed by atoms with Gasteiger partial charge in [0, 0.05) is 10.5 Å². The summed E-state index contributed by atoms with van der Waals surface area (Å²) < 4.78 is 1.06. The Morgan fingerprint density at radius 1 is 1.36 bits per heavy atom. The molecule has 74 valence electrons. The average Bonchev–Trinajstić information content (AvgIpc) is 2.15. The zero-order valence-corrected chi connectivity index (χ0v) is 9.20. The number of allylic oxidation sites excluding steroid dienone is 1. The third-order valence-corrected chi connectivity index (χ3v) is 2.30. The molecular formula is C11H11BrO2. The SMILES string of the molecule is O=C(O)C=CCCc1ccc(Br)cc1. The van der Waals surface area contributed by atoms with Crippen molar-refractivity contribution in [2.45, 2.75) is 12.8 Å². The topological polar surface area (TPSA) is 37.3 Å². The molecule has 1 N–H and O–H groups in total. The molecule has 1 rings (SSSR count). The second-order valence-electron chi connectivity index (χ2n) is 2.91. The van der Waals surface area contributed by atoms with E-state index in [0.717, 1.165) is 17.3 Å². The predicted molar refractivity (Wildman–Crippen MR) is 59.2 cm³/mol. The van der Waals surface area contributed by atoms with E-state index in [1.54, 1.807) is 6.08 Å². The first-order chi connectivity index (χ1) is 6.68. The second kappa shape index (κ2) is 5.60. The lowest BCUT2D eigenvalue weighted by atomic mass is 10.1. The van der Waals surface area contributed by atoms with E-state index in [1.165, 1.54) is 11.6 Å². The van der Waals surface area contributed by atoms with Crippen LogP contribution in [0.4, 0.5) is 0 Å². The van der Waals surface area contributed by atoms with Crippen LogP contribution < -0.4 is 0 Å². The smallest absolute Gasteiger partial charge is 0.327 e. The minimum Gasteiger partial charge on any atom is -0.478 e. The summed E-state index contributed by atoms with van der Waals surface area (Å²) in [6.07, 6.45) is 4.48. The molecule has 0 saturated carbocycles. The Morgan fingerprint density at radius 2 is 2.00 bits per heavy atom. The molecule has 0 aromatic heterocycles. The van der Waals surface area contributed by atoms with E-state index in [0.29, 0.717) is 0 Å². The molecule has 0 amide bonds. The molecule has 0 radical (unpaired) electrons. The molecule has 1 aromatic carbocycles. The Hall–Kier alpha value is -1.09. The van der Waals surface area contributed by atoms with Crippen molar-refractivity contribution >= 4 is 21.9 Å². The third kappa shape index (κ3) is 4.23. The van der Waals surface area contributed by atoms with Crippen LogP contribution in [-0.2, 0) is 11.2 Å². The summed E-state index contributed by atoms with van der Waals surface area (Å²) in [6.45, 7) is 0. The summed E-state index contributed by atoms with van der Waals surface area (Å²) in [6, 6.07) is 8.02. The fourth-order valence-electron chi connectivity index (χ4n) is 1.09. The highest BCUT2D eigenvalue weighted by Crippen LogP contribution is 2.11. The maximum absolute atomic E-state index is 10.2. The largest absolute Gasteiger partial charge is 0.478 e. The van der Waals surface area contributed by atoms with Gasteiger partial charge in [-0.15, -0.1) is 0 Å². The highest BCUT2D eigenvalue weighted by Gasteiger charge is 1.91. The number of carboxylic acid groups (broad SMARTS) is 1. The van der Waals surface area contributed by atoms with Gasteiger partial charge in [0.15, 0.2) is 0 Å². The fourth-order valence-corrected chi connectivity index (χ4v) is 1.35. The molecule has 0 aliphatic rings. The van der Waals surface area contributed by atoms with E-state index in [9.17, 15) is 4.79 Å². The number of carbonyl (C=O) groups is 1. The van der Waals surface area contributed by atoms with Gasteiger partial charge >= 0.3 is 5.97 Å². The first kappa shape index (κ1) is 11.0. The number of rotatable bonds is 4. The Bertz CT molecular complexity index is 328. The Kier molecular flexibility index (Phi) is 4.40. The van der Waals surface area contributed by atoms with Crippen molar-refractivity contribution in [2.24, 2.45) is 0 Å². The summed E-state index contributed by atoms with van der Waals surface area (Å²) in [7, 11) is 0. The van der Waals surface area contributed by atoms with Gasteiger partial charge < -0.3 is 5.11 Å². The van der Waals surface area contributed by atoms with Gasteiger partial charge in [0.1, 0.15) is 0 Å². The molecule has 2 nitrogen and oxygen atoms in total. The van der Waals surface area contributed by atoms with Crippen molar-refractivity contribution in [2.75, 3.05) is 0 Å². The summed E-state index contributed by atoms with van der Waals surface area (Å²) in [5.41, 5.74) is 1.21. The van der Waals surface area contributed by atoms with Crippen LogP contribution in [0.2, 0.25) is 0 Å². The molecule has 14 heavy (non-hydrogen) atoms. The van der Waals surface area contributed by atoms with Crippen LogP contribution in [0.3, 0.4) is 0 Å². The van der Waals surface area contributed by atoms with E-state index in [4.69, 9.17) is 5.11 Å². The molecule has 0 saturated heterocycles. The maximum atomic E-state index is 10.2. The highest BCUT2D eigenvalue weighted by molar-refractivity contribution is 9.10. The predicted octanol–water partition coefficient (Wildman–Crippen LogP) is 3.02. The lowest BCUT2D eigenvalue weighted by Gasteiger charge is -1.97. The van der Waals surface area contributed by atoms with Gasteiger partial charge in [-0.05, 0) is 30.5 Å². The molecule has 0 unspecified atom stereocenters. The van der Waals surface area contributed by atoms with Gasteiger partial charge in [0.2, 0.25) is 0 Å². The van der Waals surface area contributed by atoms with E-state index >= 15 is 0 Å². The molecule has 3 heteroatoms. The molecule has 1 aromatic rings. The summed E-state index contributed by atoms with van der Waals surface area (Å²) in [5, 5.41) is 8.35. The van der Waals surface area contributed by atoms with Crippen molar-refractivity contribution in [1.82, 2.24) is 0 Å². The van der Waals surface area contributed by atoms with Gasteiger partial charge in [0.05, 0.1) is 0 Å². The Morgan fingerprint density at radius 3 is 2.57 bits per heavy atom. The van der Waals surface area contributed by atoms with Gasteiger partial charge in [-0.1, -0.05) is 34.1 Å². The van der Waals surface area contributed by atoms with Crippen LogP contribution in [0, 0.1) is 0 Å². The van der Waals surface area contributed by atoms with Crippen molar-refractivity contribution in [3.63, 3.8) is 0 Å². The number of hydrogen-bond donors (Lipinski definition) is 1. The fraction of sp³-hybridized carbons (Fsp3) is 0.182. The molecule has 0 fully saturated rings.